The Bertz CT molecular complexity index is 384. The first-order chi connectivity index (χ1) is 6.59. The lowest BCUT2D eigenvalue weighted by Gasteiger charge is -2.02. The molecule has 74 valence electrons. The average Bonchev–Trinajstić information content (AvgIpc) is 2.86. The highest BCUT2D eigenvalue weighted by molar-refractivity contribution is 5.99. The van der Waals surface area contributed by atoms with Gasteiger partial charge in [-0.05, 0) is 31.4 Å². The Hall–Kier alpha value is -1.18. The van der Waals surface area contributed by atoms with E-state index < -0.39 is 0 Å². The highest BCUT2D eigenvalue weighted by Gasteiger charge is 2.40. The highest BCUT2D eigenvalue weighted by Crippen LogP contribution is 2.40. The van der Waals surface area contributed by atoms with Crippen LogP contribution < -0.4 is 0 Å². The SMILES string of the molecule is Cc1ccc(F)c(C(=O)C2CC2C)c1. The second-order valence-corrected chi connectivity index (χ2v) is 4.17. The van der Waals surface area contributed by atoms with Gasteiger partial charge in [-0.3, -0.25) is 4.79 Å². The zero-order valence-electron chi connectivity index (χ0n) is 8.38. The first kappa shape index (κ1) is 9.38. The number of carbonyl (C=O) groups is 1. The van der Waals surface area contributed by atoms with Crippen LogP contribution in [0.1, 0.15) is 29.3 Å². The summed E-state index contributed by atoms with van der Waals surface area (Å²) < 4.78 is 13.3. The van der Waals surface area contributed by atoms with Gasteiger partial charge >= 0.3 is 0 Å². The Morgan fingerprint density at radius 2 is 2.14 bits per heavy atom. The largest absolute Gasteiger partial charge is 0.294 e. The monoisotopic (exact) mass is 192 g/mol. The van der Waals surface area contributed by atoms with Crippen molar-refractivity contribution in [2.24, 2.45) is 11.8 Å². The molecule has 2 atom stereocenters. The summed E-state index contributed by atoms with van der Waals surface area (Å²) in [4.78, 5) is 11.8. The Kier molecular flexibility index (Phi) is 2.14. The van der Waals surface area contributed by atoms with Crippen LogP contribution in [0.4, 0.5) is 4.39 Å². The number of benzene rings is 1. The van der Waals surface area contributed by atoms with Crippen LogP contribution in [0.25, 0.3) is 0 Å². The summed E-state index contributed by atoms with van der Waals surface area (Å²) >= 11 is 0. The van der Waals surface area contributed by atoms with Crippen molar-refractivity contribution in [3.05, 3.63) is 35.1 Å². The lowest BCUT2D eigenvalue weighted by molar-refractivity contribution is 0.0958. The number of Topliss-reactive ketones (excluding diaryl/α,β-unsaturated/α-hetero) is 1. The van der Waals surface area contributed by atoms with E-state index in [0.29, 0.717) is 5.92 Å². The van der Waals surface area contributed by atoms with Crippen molar-refractivity contribution >= 4 is 5.78 Å². The van der Waals surface area contributed by atoms with Gasteiger partial charge in [0.1, 0.15) is 5.82 Å². The van der Waals surface area contributed by atoms with Crippen LogP contribution in [0.2, 0.25) is 0 Å². The van der Waals surface area contributed by atoms with Crippen LogP contribution in [0, 0.1) is 24.6 Å². The fraction of sp³-hybridized carbons (Fsp3) is 0.417. The minimum atomic E-state index is -0.389. The number of hydrogen-bond donors (Lipinski definition) is 0. The molecule has 14 heavy (non-hydrogen) atoms. The summed E-state index contributed by atoms with van der Waals surface area (Å²) in [5.74, 6) is 0.0760. The number of rotatable bonds is 2. The molecular weight excluding hydrogens is 179 g/mol. The molecule has 1 nitrogen and oxygen atoms in total. The molecule has 1 aromatic carbocycles. The van der Waals surface area contributed by atoms with Crippen LogP contribution in [-0.2, 0) is 0 Å². The quantitative estimate of drug-likeness (QED) is 0.658. The van der Waals surface area contributed by atoms with Gasteiger partial charge in [-0.25, -0.2) is 4.39 Å². The summed E-state index contributed by atoms with van der Waals surface area (Å²) in [5.41, 5.74) is 1.20. The number of carbonyl (C=O) groups excluding carboxylic acids is 1. The molecule has 2 heteroatoms. The van der Waals surface area contributed by atoms with Crippen molar-refractivity contribution in [1.82, 2.24) is 0 Å². The first-order valence-corrected chi connectivity index (χ1v) is 4.90. The summed E-state index contributed by atoms with van der Waals surface area (Å²) in [6.45, 7) is 3.89. The summed E-state index contributed by atoms with van der Waals surface area (Å²) in [6.07, 6.45) is 0.909. The zero-order chi connectivity index (χ0) is 10.3. The predicted octanol–water partition coefficient (Wildman–Crippen LogP) is 2.97. The molecule has 0 bridgehead atoms. The van der Waals surface area contributed by atoms with Gasteiger partial charge in [0.15, 0.2) is 5.78 Å². The summed E-state index contributed by atoms with van der Waals surface area (Å²) in [6, 6.07) is 4.70. The predicted molar refractivity (Wildman–Crippen MR) is 52.7 cm³/mol. The maximum atomic E-state index is 13.3. The molecule has 0 aromatic heterocycles. The second-order valence-electron chi connectivity index (χ2n) is 4.17. The molecule has 1 aliphatic carbocycles. The summed E-state index contributed by atoms with van der Waals surface area (Å²) in [7, 11) is 0. The van der Waals surface area contributed by atoms with Crippen molar-refractivity contribution in [1.29, 1.82) is 0 Å². The van der Waals surface area contributed by atoms with E-state index in [2.05, 4.69) is 0 Å². The third-order valence-corrected chi connectivity index (χ3v) is 2.83. The number of aryl methyl sites for hydroxylation is 1. The molecule has 0 radical (unpaired) electrons. The second kappa shape index (κ2) is 3.19. The Labute approximate surface area is 82.9 Å². The van der Waals surface area contributed by atoms with E-state index in [9.17, 15) is 9.18 Å². The molecule has 2 unspecified atom stereocenters. The lowest BCUT2D eigenvalue weighted by Crippen LogP contribution is -2.06. The topological polar surface area (TPSA) is 17.1 Å². The van der Waals surface area contributed by atoms with E-state index in [-0.39, 0.29) is 23.1 Å². The van der Waals surface area contributed by atoms with E-state index in [1.54, 1.807) is 12.1 Å². The van der Waals surface area contributed by atoms with Crippen molar-refractivity contribution in [3.8, 4) is 0 Å². The molecule has 2 rings (SSSR count). The van der Waals surface area contributed by atoms with Gasteiger partial charge in [0.05, 0.1) is 5.56 Å². The molecule has 1 fully saturated rings. The number of hydrogen-bond acceptors (Lipinski definition) is 1. The Morgan fingerprint density at radius 3 is 2.71 bits per heavy atom. The third kappa shape index (κ3) is 1.57. The van der Waals surface area contributed by atoms with Crippen LogP contribution in [0.15, 0.2) is 18.2 Å². The highest BCUT2D eigenvalue weighted by atomic mass is 19.1. The molecule has 1 saturated carbocycles. The van der Waals surface area contributed by atoms with E-state index in [4.69, 9.17) is 0 Å². The maximum absolute atomic E-state index is 13.3. The van der Waals surface area contributed by atoms with E-state index in [0.717, 1.165) is 12.0 Å². The first-order valence-electron chi connectivity index (χ1n) is 4.90. The van der Waals surface area contributed by atoms with Crippen molar-refractivity contribution in [2.75, 3.05) is 0 Å². The molecule has 0 heterocycles. The molecule has 0 amide bonds. The number of ketones is 1. The Morgan fingerprint density at radius 1 is 1.50 bits per heavy atom. The molecule has 1 aliphatic rings. The lowest BCUT2D eigenvalue weighted by atomic mass is 10.0. The normalized spacial score (nSPS) is 24.8. The minimum Gasteiger partial charge on any atom is -0.294 e. The van der Waals surface area contributed by atoms with Crippen LogP contribution >= 0.6 is 0 Å². The smallest absolute Gasteiger partial charge is 0.169 e. The van der Waals surface area contributed by atoms with E-state index in [1.807, 2.05) is 13.8 Å². The van der Waals surface area contributed by atoms with Gasteiger partial charge in [-0.2, -0.15) is 0 Å². The zero-order valence-corrected chi connectivity index (χ0v) is 8.38. The molecular formula is C12H13FO. The standard InChI is InChI=1S/C12H13FO/c1-7-3-4-11(13)10(5-7)12(14)9-6-8(9)2/h3-5,8-9H,6H2,1-2H3. The summed E-state index contributed by atoms with van der Waals surface area (Å²) in [5, 5.41) is 0. The Balaban J connectivity index is 2.31. The van der Waals surface area contributed by atoms with Gasteiger partial charge < -0.3 is 0 Å². The van der Waals surface area contributed by atoms with Crippen molar-refractivity contribution in [3.63, 3.8) is 0 Å². The van der Waals surface area contributed by atoms with Gasteiger partial charge in [-0.1, -0.05) is 18.6 Å². The molecule has 0 N–H and O–H groups in total. The van der Waals surface area contributed by atoms with Gasteiger partial charge in [0.25, 0.3) is 0 Å². The minimum absolute atomic E-state index is 0.0290. The van der Waals surface area contributed by atoms with Gasteiger partial charge in [-0.15, -0.1) is 0 Å². The fourth-order valence-electron chi connectivity index (χ4n) is 1.72. The van der Waals surface area contributed by atoms with E-state index in [1.165, 1.54) is 6.07 Å². The molecule has 0 saturated heterocycles. The third-order valence-electron chi connectivity index (χ3n) is 2.83. The fourth-order valence-corrected chi connectivity index (χ4v) is 1.72. The van der Waals surface area contributed by atoms with Crippen LogP contribution in [-0.4, -0.2) is 5.78 Å². The van der Waals surface area contributed by atoms with E-state index >= 15 is 0 Å². The number of halogens is 1. The van der Waals surface area contributed by atoms with Crippen LogP contribution in [0.5, 0.6) is 0 Å². The van der Waals surface area contributed by atoms with Crippen molar-refractivity contribution < 1.29 is 9.18 Å². The van der Waals surface area contributed by atoms with Crippen molar-refractivity contribution in [2.45, 2.75) is 20.3 Å². The molecule has 1 aromatic rings. The maximum Gasteiger partial charge on any atom is 0.169 e. The molecule has 0 spiro atoms. The average molecular weight is 192 g/mol. The van der Waals surface area contributed by atoms with Gasteiger partial charge in [0.2, 0.25) is 0 Å². The van der Waals surface area contributed by atoms with Crippen LogP contribution in [0.3, 0.4) is 0 Å². The molecule has 0 aliphatic heterocycles. The van der Waals surface area contributed by atoms with Gasteiger partial charge in [0, 0.05) is 5.92 Å².